The van der Waals surface area contributed by atoms with Crippen LogP contribution in [-0.4, -0.2) is 28.2 Å². The third kappa shape index (κ3) is 4.58. The summed E-state index contributed by atoms with van der Waals surface area (Å²) in [6.45, 7) is 4.55. The number of sulfonamides is 1. The molecule has 0 aliphatic rings. The van der Waals surface area contributed by atoms with Crippen LogP contribution in [0.1, 0.15) is 19.4 Å². The summed E-state index contributed by atoms with van der Waals surface area (Å²) in [6.07, 6.45) is 0. The quantitative estimate of drug-likeness (QED) is 0.786. The molecule has 1 unspecified atom stereocenters. The molecular formula is C13H22N2O3S. The minimum atomic E-state index is -3.54. The molecule has 1 aromatic carbocycles. The summed E-state index contributed by atoms with van der Waals surface area (Å²) in [6, 6.07) is 6.39. The van der Waals surface area contributed by atoms with E-state index in [0.29, 0.717) is 13.2 Å². The van der Waals surface area contributed by atoms with Crippen LogP contribution in [0.4, 0.5) is 0 Å². The lowest BCUT2D eigenvalue weighted by atomic mass is 10.1. The number of hydrogen-bond donors (Lipinski definition) is 2. The van der Waals surface area contributed by atoms with Crippen LogP contribution in [0.25, 0.3) is 0 Å². The first kappa shape index (κ1) is 16.1. The Morgan fingerprint density at radius 1 is 1.37 bits per heavy atom. The zero-order chi connectivity index (χ0) is 14.5. The number of benzene rings is 1. The van der Waals surface area contributed by atoms with E-state index in [1.807, 2.05) is 13.8 Å². The number of nitrogens with two attached hydrogens (primary N) is 1. The van der Waals surface area contributed by atoms with Gasteiger partial charge in [-0.2, -0.15) is 0 Å². The highest BCUT2D eigenvalue weighted by Gasteiger charge is 2.22. The van der Waals surface area contributed by atoms with Crippen LogP contribution in [0.5, 0.6) is 0 Å². The van der Waals surface area contributed by atoms with Crippen molar-refractivity contribution >= 4 is 10.0 Å². The number of nitrogens with one attached hydrogen (secondary N) is 1. The molecule has 0 fully saturated rings. The second kappa shape index (κ2) is 7.00. The Labute approximate surface area is 115 Å². The Morgan fingerprint density at radius 3 is 2.58 bits per heavy atom. The van der Waals surface area contributed by atoms with Crippen molar-refractivity contribution in [3.63, 3.8) is 0 Å². The molecule has 5 nitrogen and oxygen atoms in total. The molecular weight excluding hydrogens is 264 g/mol. The van der Waals surface area contributed by atoms with Crippen molar-refractivity contribution in [3.8, 4) is 0 Å². The van der Waals surface area contributed by atoms with E-state index >= 15 is 0 Å². The zero-order valence-corrected chi connectivity index (χ0v) is 12.4. The summed E-state index contributed by atoms with van der Waals surface area (Å²) in [5, 5.41) is 0. The lowest BCUT2D eigenvalue weighted by Gasteiger charge is -2.21. The van der Waals surface area contributed by atoms with Gasteiger partial charge in [-0.05, 0) is 23.6 Å². The Hall–Kier alpha value is -0.950. The van der Waals surface area contributed by atoms with Gasteiger partial charge in [0.1, 0.15) is 0 Å². The van der Waals surface area contributed by atoms with Crippen LogP contribution in [0.3, 0.4) is 0 Å². The molecule has 0 bridgehead atoms. The molecule has 0 aromatic heterocycles. The average molecular weight is 286 g/mol. The summed E-state index contributed by atoms with van der Waals surface area (Å²) < 4.78 is 32.3. The van der Waals surface area contributed by atoms with Gasteiger partial charge in [0.05, 0.1) is 11.5 Å². The maximum atomic E-state index is 12.3. The Morgan fingerprint density at radius 2 is 2.05 bits per heavy atom. The third-order valence-electron chi connectivity index (χ3n) is 2.90. The molecule has 1 rings (SSSR count). The van der Waals surface area contributed by atoms with Crippen molar-refractivity contribution in [2.45, 2.75) is 31.3 Å². The normalized spacial score (nSPS) is 13.7. The molecule has 108 valence electrons. The minimum Gasteiger partial charge on any atom is -0.383 e. The lowest BCUT2D eigenvalue weighted by Crippen LogP contribution is -2.41. The van der Waals surface area contributed by atoms with Crippen LogP contribution < -0.4 is 10.5 Å². The van der Waals surface area contributed by atoms with E-state index in [-0.39, 0.29) is 16.9 Å². The lowest BCUT2D eigenvalue weighted by molar-refractivity contribution is 0.157. The van der Waals surface area contributed by atoms with Gasteiger partial charge in [-0.3, -0.25) is 0 Å². The SMILES string of the molecule is COCC(NS(=O)(=O)c1cccc(CN)c1)C(C)C. The summed E-state index contributed by atoms with van der Waals surface area (Å²) in [7, 11) is -1.99. The number of rotatable bonds is 7. The van der Waals surface area contributed by atoms with Gasteiger partial charge >= 0.3 is 0 Å². The third-order valence-corrected chi connectivity index (χ3v) is 4.39. The predicted octanol–water partition coefficient (Wildman–Crippen LogP) is 1.09. The zero-order valence-electron chi connectivity index (χ0n) is 11.6. The van der Waals surface area contributed by atoms with Gasteiger partial charge in [0, 0.05) is 19.7 Å². The highest BCUT2D eigenvalue weighted by Crippen LogP contribution is 2.13. The molecule has 19 heavy (non-hydrogen) atoms. The molecule has 0 amide bonds. The van der Waals surface area contributed by atoms with Crippen molar-refractivity contribution in [3.05, 3.63) is 29.8 Å². The molecule has 0 spiro atoms. The van der Waals surface area contributed by atoms with E-state index in [1.165, 1.54) is 0 Å². The highest BCUT2D eigenvalue weighted by atomic mass is 32.2. The molecule has 1 atom stereocenters. The van der Waals surface area contributed by atoms with Gasteiger partial charge in [-0.15, -0.1) is 0 Å². The molecule has 3 N–H and O–H groups in total. The van der Waals surface area contributed by atoms with Crippen LogP contribution in [-0.2, 0) is 21.3 Å². The van der Waals surface area contributed by atoms with Crippen LogP contribution in [0, 0.1) is 5.92 Å². The van der Waals surface area contributed by atoms with E-state index in [2.05, 4.69) is 4.72 Å². The minimum absolute atomic E-state index is 0.146. The maximum Gasteiger partial charge on any atom is 0.240 e. The topological polar surface area (TPSA) is 81.4 Å². The number of methoxy groups -OCH3 is 1. The van der Waals surface area contributed by atoms with E-state index in [0.717, 1.165) is 5.56 Å². The molecule has 0 aliphatic heterocycles. The first-order chi connectivity index (χ1) is 8.90. The molecule has 1 aromatic rings. The molecule has 0 heterocycles. The molecule has 0 saturated carbocycles. The van der Waals surface area contributed by atoms with Gasteiger partial charge in [0.2, 0.25) is 10.0 Å². The number of ether oxygens (including phenoxy) is 1. The van der Waals surface area contributed by atoms with E-state index in [9.17, 15) is 8.42 Å². The van der Waals surface area contributed by atoms with E-state index < -0.39 is 10.0 Å². The van der Waals surface area contributed by atoms with Gasteiger partial charge < -0.3 is 10.5 Å². The van der Waals surface area contributed by atoms with Gasteiger partial charge in [0.25, 0.3) is 0 Å². The van der Waals surface area contributed by atoms with Crippen LogP contribution in [0.15, 0.2) is 29.2 Å². The first-order valence-corrected chi connectivity index (χ1v) is 7.69. The highest BCUT2D eigenvalue weighted by molar-refractivity contribution is 7.89. The van der Waals surface area contributed by atoms with Crippen molar-refractivity contribution in [1.82, 2.24) is 4.72 Å². The number of hydrogen-bond acceptors (Lipinski definition) is 4. The van der Waals surface area contributed by atoms with E-state index in [4.69, 9.17) is 10.5 Å². The Bertz CT molecular complexity index is 500. The van der Waals surface area contributed by atoms with Crippen LogP contribution >= 0.6 is 0 Å². The van der Waals surface area contributed by atoms with Crippen LogP contribution in [0.2, 0.25) is 0 Å². The summed E-state index contributed by atoms with van der Waals surface area (Å²) >= 11 is 0. The Kier molecular flexibility index (Phi) is 5.93. The molecule has 0 radical (unpaired) electrons. The molecule has 0 aliphatic carbocycles. The Balaban J connectivity index is 2.96. The summed E-state index contributed by atoms with van der Waals surface area (Å²) in [4.78, 5) is 0.234. The summed E-state index contributed by atoms with van der Waals surface area (Å²) in [5.41, 5.74) is 6.31. The van der Waals surface area contributed by atoms with E-state index in [1.54, 1.807) is 31.4 Å². The van der Waals surface area contributed by atoms with Crippen molar-refractivity contribution in [2.75, 3.05) is 13.7 Å². The standard InChI is InChI=1S/C13H22N2O3S/c1-10(2)13(9-18-3)15-19(16,17)12-6-4-5-11(7-12)8-14/h4-7,10,13,15H,8-9,14H2,1-3H3. The van der Waals surface area contributed by atoms with Gasteiger partial charge in [-0.25, -0.2) is 13.1 Å². The monoisotopic (exact) mass is 286 g/mol. The predicted molar refractivity (Wildman–Crippen MR) is 75.2 cm³/mol. The maximum absolute atomic E-state index is 12.3. The average Bonchev–Trinajstić information content (AvgIpc) is 2.38. The second-order valence-electron chi connectivity index (χ2n) is 4.78. The second-order valence-corrected chi connectivity index (χ2v) is 6.49. The van der Waals surface area contributed by atoms with Crippen molar-refractivity contribution < 1.29 is 13.2 Å². The molecule has 6 heteroatoms. The smallest absolute Gasteiger partial charge is 0.240 e. The van der Waals surface area contributed by atoms with Crippen molar-refractivity contribution in [2.24, 2.45) is 11.7 Å². The molecule has 0 saturated heterocycles. The van der Waals surface area contributed by atoms with Gasteiger partial charge in [-0.1, -0.05) is 26.0 Å². The fraction of sp³-hybridized carbons (Fsp3) is 0.538. The fourth-order valence-corrected chi connectivity index (χ4v) is 3.09. The van der Waals surface area contributed by atoms with Gasteiger partial charge in [0.15, 0.2) is 0 Å². The summed E-state index contributed by atoms with van der Waals surface area (Å²) in [5.74, 6) is 0.146. The first-order valence-electron chi connectivity index (χ1n) is 6.21. The largest absolute Gasteiger partial charge is 0.383 e. The van der Waals surface area contributed by atoms with Crippen molar-refractivity contribution in [1.29, 1.82) is 0 Å². The fourth-order valence-electron chi connectivity index (χ4n) is 1.65.